The third-order valence-electron chi connectivity index (χ3n) is 5.61. The Morgan fingerprint density at radius 1 is 1.08 bits per heavy atom. The van der Waals surface area contributed by atoms with Crippen LogP contribution in [0, 0.1) is 5.92 Å². The van der Waals surface area contributed by atoms with Crippen molar-refractivity contribution in [2.45, 2.75) is 51.4 Å². The van der Waals surface area contributed by atoms with Crippen molar-refractivity contribution in [2.75, 3.05) is 0 Å². The normalized spacial score (nSPS) is 20.6. The quantitative estimate of drug-likeness (QED) is 0.858. The van der Waals surface area contributed by atoms with Crippen molar-refractivity contribution >= 4 is 11.4 Å². The van der Waals surface area contributed by atoms with Crippen molar-refractivity contribution in [3.05, 3.63) is 75.2 Å². The number of allylic oxidation sites excluding steroid dienone is 1. The fraction of sp³-hybridized carbons (Fsp3) is 0.391. The molecule has 1 aromatic carbocycles. The molecule has 1 aromatic heterocycles. The summed E-state index contributed by atoms with van der Waals surface area (Å²) in [6.07, 6.45) is 7.61. The number of pyridine rings is 1. The minimum absolute atomic E-state index is 0.0311. The van der Waals surface area contributed by atoms with Gasteiger partial charge in [0.15, 0.2) is 0 Å². The minimum atomic E-state index is 0.0311. The lowest BCUT2D eigenvalue weighted by Crippen LogP contribution is -2.13. The van der Waals surface area contributed by atoms with E-state index in [4.69, 9.17) is 0 Å². The molecule has 0 amide bonds. The zero-order valence-corrected chi connectivity index (χ0v) is 15.3. The Morgan fingerprint density at radius 2 is 1.85 bits per heavy atom. The van der Waals surface area contributed by atoms with Crippen LogP contribution in [-0.2, 0) is 11.2 Å². The topological polar surface area (TPSA) is 49.9 Å². The number of carbonyl (C=O) groups is 1. The zero-order chi connectivity index (χ0) is 18.1. The van der Waals surface area contributed by atoms with E-state index in [1.165, 1.54) is 5.56 Å². The highest BCUT2D eigenvalue weighted by Gasteiger charge is 2.26. The first-order chi connectivity index (χ1) is 12.6. The van der Waals surface area contributed by atoms with E-state index in [9.17, 15) is 9.59 Å². The van der Waals surface area contributed by atoms with Gasteiger partial charge in [-0.15, -0.1) is 0 Å². The summed E-state index contributed by atoms with van der Waals surface area (Å²) in [4.78, 5) is 27.3. The predicted molar refractivity (Wildman–Crippen MR) is 104 cm³/mol. The number of aryl methyl sites for hydroxylation is 1. The Labute approximate surface area is 154 Å². The molecule has 26 heavy (non-hydrogen) atoms. The van der Waals surface area contributed by atoms with Crippen molar-refractivity contribution in [1.82, 2.24) is 4.98 Å². The van der Waals surface area contributed by atoms with Gasteiger partial charge in [0.2, 0.25) is 0 Å². The highest BCUT2D eigenvalue weighted by molar-refractivity contribution is 5.83. The molecule has 0 aliphatic heterocycles. The van der Waals surface area contributed by atoms with Gasteiger partial charge in [0.25, 0.3) is 5.56 Å². The van der Waals surface area contributed by atoms with Gasteiger partial charge in [0, 0.05) is 29.7 Å². The smallest absolute Gasteiger partial charge is 0.251 e. The van der Waals surface area contributed by atoms with Crippen molar-refractivity contribution in [3.63, 3.8) is 0 Å². The number of benzene rings is 1. The highest BCUT2D eigenvalue weighted by Crippen LogP contribution is 2.38. The predicted octanol–water partition coefficient (Wildman–Crippen LogP) is 4.62. The third-order valence-corrected chi connectivity index (χ3v) is 5.61. The van der Waals surface area contributed by atoms with Gasteiger partial charge in [-0.3, -0.25) is 9.59 Å². The number of aromatic nitrogens is 1. The fourth-order valence-electron chi connectivity index (χ4n) is 3.84. The number of H-pyrrole nitrogens is 1. The Bertz CT molecular complexity index is 901. The van der Waals surface area contributed by atoms with Crippen LogP contribution in [0.1, 0.15) is 67.3 Å². The van der Waals surface area contributed by atoms with Crippen molar-refractivity contribution in [2.24, 2.45) is 5.92 Å². The van der Waals surface area contributed by atoms with Gasteiger partial charge in [0.05, 0.1) is 0 Å². The molecule has 0 saturated heterocycles. The van der Waals surface area contributed by atoms with Gasteiger partial charge < -0.3 is 4.98 Å². The second-order valence-corrected chi connectivity index (χ2v) is 7.60. The zero-order valence-electron chi connectivity index (χ0n) is 15.3. The number of carbonyl (C=O) groups excluding carboxylic acids is 1. The Kier molecular flexibility index (Phi) is 4.62. The number of ketones is 1. The second-order valence-electron chi connectivity index (χ2n) is 7.60. The largest absolute Gasteiger partial charge is 0.322 e. The summed E-state index contributed by atoms with van der Waals surface area (Å²) < 4.78 is 0. The van der Waals surface area contributed by atoms with Gasteiger partial charge in [-0.05, 0) is 54.7 Å². The monoisotopic (exact) mass is 347 g/mol. The third kappa shape index (κ3) is 3.57. The number of aromatic amines is 1. The van der Waals surface area contributed by atoms with E-state index in [0.717, 1.165) is 48.1 Å². The second kappa shape index (κ2) is 7.06. The first-order valence-corrected chi connectivity index (χ1v) is 9.70. The lowest BCUT2D eigenvalue weighted by Gasteiger charge is -2.13. The van der Waals surface area contributed by atoms with Gasteiger partial charge >= 0.3 is 0 Å². The number of nitrogens with one attached hydrogen (secondary N) is 1. The summed E-state index contributed by atoms with van der Waals surface area (Å²) in [5.41, 5.74) is 5.21. The van der Waals surface area contributed by atoms with E-state index < -0.39 is 0 Å². The molecule has 1 N–H and O–H groups in total. The molecule has 1 atom stereocenters. The molecule has 2 aliphatic rings. The Morgan fingerprint density at radius 3 is 2.42 bits per heavy atom. The minimum Gasteiger partial charge on any atom is -0.322 e. The maximum Gasteiger partial charge on any atom is 0.251 e. The summed E-state index contributed by atoms with van der Waals surface area (Å²) in [5.74, 6) is 1.04. The van der Waals surface area contributed by atoms with Crippen LogP contribution in [0.25, 0.3) is 5.57 Å². The van der Waals surface area contributed by atoms with Crippen LogP contribution in [0.15, 0.2) is 47.3 Å². The summed E-state index contributed by atoms with van der Waals surface area (Å²) in [6, 6.07) is 12.5. The van der Waals surface area contributed by atoms with E-state index in [0.29, 0.717) is 24.5 Å². The number of rotatable bonds is 5. The first kappa shape index (κ1) is 17.0. The summed E-state index contributed by atoms with van der Waals surface area (Å²) in [6.45, 7) is 2.14. The van der Waals surface area contributed by atoms with E-state index in [1.54, 1.807) is 0 Å². The SMILES string of the molecule is CCc1ccc(/C(=C/[C@H]2CCC(=O)C2)c2ccc(C3CC3)c(=O)[nH]2)cc1. The van der Waals surface area contributed by atoms with Crippen LogP contribution >= 0.6 is 0 Å². The van der Waals surface area contributed by atoms with Crippen LogP contribution in [0.5, 0.6) is 0 Å². The molecule has 2 aromatic rings. The molecular weight excluding hydrogens is 322 g/mol. The molecule has 134 valence electrons. The maximum absolute atomic E-state index is 12.5. The van der Waals surface area contributed by atoms with Crippen LogP contribution in [0.3, 0.4) is 0 Å². The van der Waals surface area contributed by atoms with Crippen LogP contribution in [0.4, 0.5) is 0 Å². The van der Waals surface area contributed by atoms with Gasteiger partial charge in [0.1, 0.15) is 5.78 Å². The summed E-state index contributed by atoms with van der Waals surface area (Å²) in [5, 5.41) is 0. The molecule has 0 bridgehead atoms. The van der Waals surface area contributed by atoms with Crippen molar-refractivity contribution in [1.29, 1.82) is 0 Å². The van der Waals surface area contributed by atoms with Crippen LogP contribution in [0.2, 0.25) is 0 Å². The van der Waals surface area contributed by atoms with Crippen LogP contribution in [-0.4, -0.2) is 10.8 Å². The lowest BCUT2D eigenvalue weighted by atomic mass is 9.94. The van der Waals surface area contributed by atoms with E-state index in [2.05, 4.69) is 42.2 Å². The van der Waals surface area contributed by atoms with E-state index in [1.807, 2.05) is 12.1 Å². The molecular formula is C23H25NO2. The van der Waals surface area contributed by atoms with E-state index in [-0.39, 0.29) is 11.5 Å². The fourth-order valence-corrected chi connectivity index (χ4v) is 3.84. The van der Waals surface area contributed by atoms with Crippen LogP contribution < -0.4 is 5.56 Å². The Hall–Kier alpha value is -2.42. The van der Waals surface area contributed by atoms with Gasteiger partial charge in [-0.1, -0.05) is 43.3 Å². The molecule has 2 saturated carbocycles. The molecule has 2 fully saturated rings. The van der Waals surface area contributed by atoms with Crippen molar-refractivity contribution in [3.8, 4) is 0 Å². The molecule has 1 heterocycles. The molecule has 4 rings (SSSR count). The molecule has 3 heteroatoms. The number of Topliss-reactive ketones (excluding diaryl/α,β-unsaturated/α-hetero) is 1. The first-order valence-electron chi connectivity index (χ1n) is 9.70. The average Bonchev–Trinajstić information content (AvgIpc) is 3.41. The van der Waals surface area contributed by atoms with E-state index >= 15 is 0 Å². The highest BCUT2D eigenvalue weighted by atomic mass is 16.1. The van der Waals surface area contributed by atoms with Gasteiger partial charge in [-0.2, -0.15) is 0 Å². The Balaban J connectivity index is 1.74. The summed E-state index contributed by atoms with van der Waals surface area (Å²) >= 11 is 0. The number of hydrogen-bond acceptors (Lipinski definition) is 2. The molecule has 0 radical (unpaired) electrons. The molecule has 2 aliphatic carbocycles. The maximum atomic E-state index is 12.5. The van der Waals surface area contributed by atoms with Gasteiger partial charge in [-0.25, -0.2) is 0 Å². The molecule has 0 unspecified atom stereocenters. The number of hydrogen-bond donors (Lipinski definition) is 1. The molecule has 0 spiro atoms. The average molecular weight is 347 g/mol. The lowest BCUT2D eigenvalue weighted by molar-refractivity contribution is -0.117. The van der Waals surface area contributed by atoms with Crippen molar-refractivity contribution < 1.29 is 4.79 Å². The molecule has 3 nitrogen and oxygen atoms in total. The standard InChI is InChI=1S/C23H25NO2/c1-2-15-3-6-18(7-4-15)21(14-16-5-10-19(25)13-16)22-12-11-20(17-8-9-17)23(26)24-22/h3-4,6-7,11-12,14,16-17H,2,5,8-10,13H2,1H3,(H,24,26)/b21-14-/t16-/m0/s1. The summed E-state index contributed by atoms with van der Waals surface area (Å²) in [7, 11) is 0.